The molecule has 0 aliphatic carbocycles. The van der Waals surface area contributed by atoms with Crippen LogP contribution in [0.1, 0.15) is 70.6 Å². The van der Waals surface area contributed by atoms with Crippen molar-refractivity contribution in [1.82, 2.24) is 0 Å². The maximum atomic E-state index is 10.2. The molecule has 0 unspecified atom stereocenters. The van der Waals surface area contributed by atoms with E-state index in [2.05, 4.69) is 0 Å². The first-order chi connectivity index (χ1) is 8.13. The Morgan fingerprint density at radius 3 is 1.00 bits per heavy atom. The Labute approximate surface area is 131 Å². The summed E-state index contributed by atoms with van der Waals surface area (Å²) in [6, 6.07) is 0. The number of unbranched alkanes of at least 4 members (excludes halogenated alkanes) is 8. The van der Waals surface area contributed by atoms with Crippen molar-refractivity contribution in [3.63, 3.8) is 0 Å². The third kappa shape index (κ3) is 18.3. The molecule has 5 heteroatoms. The third-order valence-electron chi connectivity index (χ3n) is 2.78. The predicted octanol–water partition coefficient (Wildman–Crippen LogP) is 2.80. The first kappa shape index (κ1) is 20.3. The van der Waals surface area contributed by atoms with Crippen molar-refractivity contribution < 1.29 is 19.8 Å². The second-order valence-corrected chi connectivity index (χ2v) is 4.47. The predicted molar refractivity (Wildman–Crippen MR) is 73.2 cm³/mol. The van der Waals surface area contributed by atoms with Crippen LogP contribution in [0.15, 0.2) is 0 Å². The summed E-state index contributed by atoms with van der Waals surface area (Å²) in [6.45, 7) is 0. The van der Waals surface area contributed by atoms with E-state index in [-0.39, 0.29) is 42.4 Å². The van der Waals surface area contributed by atoms with Crippen LogP contribution in [0.5, 0.6) is 0 Å². The van der Waals surface area contributed by atoms with E-state index in [4.69, 9.17) is 10.2 Å². The Morgan fingerprint density at radius 2 is 0.778 bits per heavy atom. The van der Waals surface area contributed by atoms with Gasteiger partial charge in [0.25, 0.3) is 0 Å². The first-order valence-electron chi connectivity index (χ1n) is 6.56. The van der Waals surface area contributed by atoms with Gasteiger partial charge in [-0.15, -0.1) is 0 Å². The zero-order valence-electron chi connectivity index (χ0n) is 10.5. The van der Waals surface area contributed by atoms with Crippen molar-refractivity contribution >= 4 is 41.5 Å². The maximum absolute atomic E-state index is 10.2. The summed E-state index contributed by atoms with van der Waals surface area (Å²) in [4.78, 5) is 20.5. The number of rotatable bonds is 12. The van der Waals surface area contributed by atoms with Gasteiger partial charge in [0.05, 0.1) is 0 Å². The van der Waals surface area contributed by atoms with Gasteiger partial charge in [0.1, 0.15) is 0 Å². The molecule has 0 amide bonds. The third-order valence-corrected chi connectivity index (χ3v) is 2.78. The van der Waals surface area contributed by atoms with E-state index < -0.39 is 11.9 Å². The number of carboxylic acids is 2. The number of aliphatic carboxylic acids is 2. The van der Waals surface area contributed by atoms with E-state index >= 15 is 0 Å². The summed E-state index contributed by atoms with van der Waals surface area (Å²) in [6.07, 6.45) is 9.89. The van der Waals surface area contributed by atoms with Gasteiger partial charge in [0.15, 0.2) is 0 Å². The zero-order chi connectivity index (χ0) is 12.9. The topological polar surface area (TPSA) is 74.6 Å². The molecule has 0 fully saturated rings. The fourth-order valence-corrected chi connectivity index (χ4v) is 1.79. The Hall–Kier alpha value is -0.0600. The molecular formula is C13H25NaO4. The number of carbonyl (C=O) groups is 2. The molecule has 0 aromatic carbocycles. The van der Waals surface area contributed by atoms with Crippen molar-refractivity contribution in [2.45, 2.75) is 70.6 Å². The summed E-state index contributed by atoms with van der Waals surface area (Å²) in [7, 11) is 0. The fourth-order valence-electron chi connectivity index (χ4n) is 1.79. The molecule has 0 atom stereocenters. The van der Waals surface area contributed by atoms with Crippen molar-refractivity contribution in [3.8, 4) is 0 Å². The van der Waals surface area contributed by atoms with Crippen LogP contribution in [0.2, 0.25) is 0 Å². The standard InChI is InChI=1S/C13H24O4.Na.H/c14-12(15)10-8-6-4-2-1-3-5-7-9-11-13(16)17;;/h1-11H2,(H,14,15)(H,16,17);;. The first-order valence-corrected chi connectivity index (χ1v) is 6.56. The molecule has 102 valence electrons. The SMILES string of the molecule is O=C(O)CCCCCCCCCCCC(=O)O.[NaH]. The molecule has 0 heterocycles. The van der Waals surface area contributed by atoms with Crippen LogP contribution in [0.4, 0.5) is 0 Å². The van der Waals surface area contributed by atoms with Gasteiger partial charge in [0, 0.05) is 12.8 Å². The normalized spacial score (nSPS) is 9.78. The quantitative estimate of drug-likeness (QED) is 0.421. The summed E-state index contributed by atoms with van der Waals surface area (Å²) < 4.78 is 0. The van der Waals surface area contributed by atoms with Crippen LogP contribution in [0, 0.1) is 0 Å². The molecule has 2 N–H and O–H groups in total. The molecule has 4 nitrogen and oxygen atoms in total. The molecule has 0 aliphatic heterocycles. The molecule has 0 bridgehead atoms. The van der Waals surface area contributed by atoms with Crippen LogP contribution in [0.3, 0.4) is 0 Å². The number of carboxylic acid groups (broad SMARTS) is 2. The number of hydrogen-bond acceptors (Lipinski definition) is 2. The van der Waals surface area contributed by atoms with Gasteiger partial charge in [0.2, 0.25) is 0 Å². The molecule has 0 aliphatic rings. The van der Waals surface area contributed by atoms with Gasteiger partial charge >= 0.3 is 41.5 Å². The summed E-state index contributed by atoms with van der Waals surface area (Å²) in [5.41, 5.74) is 0. The van der Waals surface area contributed by atoms with Crippen LogP contribution in [0.25, 0.3) is 0 Å². The van der Waals surface area contributed by atoms with E-state index in [0.717, 1.165) is 38.5 Å². The second-order valence-electron chi connectivity index (χ2n) is 4.47. The molecule has 0 spiro atoms. The van der Waals surface area contributed by atoms with Crippen molar-refractivity contribution in [1.29, 1.82) is 0 Å². The average molecular weight is 268 g/mol. The Bertz CT molecular complexity index is 197. The molecule has 0 aromatic heterocycles. The molecule has 0 saturated carbocycles. The fraction of sp³-hybridized carbons (Fsp3) is 0.846. The van der Waals surface area contributed by atoms with E-state index in [0.29, 0.717) is 0 Å². The van der Waals surface area contributed by atoms with Crippen molar-refractivity contribution in [2.75, 3.05) is 0 Å². The van der Waals surface area contributed by atoms with Crippen LogP contribution >= 0.6 is 0 Å². The van der Waals surface area contributed by atoms with E-state index in [1.165, 1.54) is 19.3 Å². The Morgan fingerprint density at radius 1 is 0.556 bits per heavy atom. The van der Waals surface area contributed by atoms with E-state index in [1.54, 1.807) is 0 Å². The van der Waals surface area contributed by atoms with Crippen LogP contribution < -0.4 is 0 Å². The minimum atomic E-state index is -0.705. The Balaban J connectivity index is 0. The molecule has 0 saturated heterocycles. The minimum absolute atomic E-state index is 0. The molecule has 0 aromatic rings. The molecule has 18 heavy (non-hydrogen) atoms. The van der Waals surface area contributed by atoms with Crippen molar-refractivity contribution in [2.24, 2.45) is 0 Å². The summed E-state index contributed by atoms with van der Waals surface area (Å²) >= 11 is 0. The summed E-state index contributed by atoms with van der Waals surface area (Å²) in [5, 5.41) is 16.9. The van der Waals surface area contributed by atoms with Crippen molar-refractivity contribution in [3.05, 3.63) is 0 Å². The van der Waals surface area contributed by atoms with E-state index in [9.17, 15) is 9.59 Å². The van der Waals surface area contributed by atoms with Gasteiger partial charge in [-0.1, -0.05) is 44.9 Å². The number of hydrogen-bond donors (Lipinski definition) is 2. The van der Waals surface area contributed by atoms with Gasteiger partial charge in [-0.2, -0.15) is 0 Å². The van der Waals surface area contributed by atoms with Crippen LogP contribution in [-0.2, 0) is 9.59 Å². The van der Waals surface area contributed by atoms with Gasteiger partial charge in [-0.25, -0.2) is 0 Å². The zero-order valence-corrected chi connectivity index (χ0v) is 10.5. The van der Waals surface area contributed by atoms with Crippen LogP contribution in [-0.4, -0.2) is 51.7 Å². The summed E-state index contributed by atoms with van der Waals surface area (Å²) in [5.74, 6) is -1.41. The molecular weight excluding hydrogens is 243 g/mol. The average Bonchev–Trinajstić information content (AvgIpc) is 2.25. The molecule has 0 radical (unpaired) electrons. The van der Waals surface area contributed by atoms with E-state index in [1.807, 2.05) is 0 Å². The monoisotopic (exact) mass is 268 g/mol. The van der Waals surface area contributed by atoms with Gasteiger partial charge < -0.3 is 10.2 Å². The molecule has 0 rings (SSSR count). The Kier molecular flexibility index (Phi) is 16.9. The van der Waals surface area contributed by atoms with Gasteiger partial charge in [-0.3, -0.25) is 9.59 Å². The van der Waals surface area contributed by atoms with Gasteiger partial charge in [-0.05, 0) is 12.8 Å². The second kappa shape index (κ2) is 15.0.